The molecule has 2 aromatic rings. The minimum Gasteiger partial charge on any atom is -0.495 e. The van der Waals surface area contributed by atoms with Gasteiger partial charge in [0.1, 0.15) is 5.75 Å². The van der Waals surface area contributed by atoms with E-state index in [1.165, 1.54) is 5.56 Å². The largest absolute Gasteiger partial charge is 0.495 e. The molecule has 1 fully saturated rings. The topological polar surface area (TPSA) is 55.6 Å². The summed E-state index contributed by atoms with van der Waals surface area (Å²) in [7, 11) is 1.59. The van der Waals surface area contributed by atoms with Crippen LogP contribution in [0.3, 0.4) is 0 Å². The summed E-state index contributed by atoms with van der Waals surface area (Å²) in [5.74, 6) is 1.46. The average molecular weight is 373 g/mol. The van der Waals surface area contributed by atoms with Crippen LogP contribution in [0.15, 0.2) is 48.5 Å². The van der Waals surface area contributed by atoms with Crippen LogP contribution < -0.4 is 10.5 Å². The second-order valence-electron chi connectivity index (χ2n) is 6.78. The highest BCUT2D eigenvalue weighted by Gasteiger charge is 2.34. The lowest BCUT2D eigenvalue weighted by molar-refractivity contribution is -0.130. The molecule has 4 nitrogen and oxygen atoms in total. The van der Waals surface area contributed by atoms with Crippen molar-refractivity contribution in [3.8, 4) is 5.75 Å². The molecule has 1 aliphatic rings. The Morgan fingerprint density at radius 1 is 1.23 bits per heavy atom. The average Bonchev–Trinajstić information content (AvgIpc) is 3.11. The number of amides is 1. The highest BCUT2D eigenvalue weighted by Crippen LogP contribution is 2.32. The van der Waals surface area contributed by atoms with Crippen LogP contribution in [0.1, 0.15) is 23.5 Å². The van der Waals surface area contributed by atoms with Gasteiger partial charge in [-0.2, -0.15) is 0 Å². The summed E-state index contributed by atoms with van der Waals surface area (Å²) < 4.78 is 5.17. The van der Waals surface area contributed by atoms with E-state index in [2.05, 4.69) is 12.1 Å². The van der Waals surface area contributed by atoms with Crippen molar-refractivity contribution in [1.82, 2.24) is 4.90 Å². The van der Waals surface area contributed by atoms with Crippen LogP contribution in [0.4, 0.5) is 0 Å². The van der Waals surface area contributed by atoms with Crippen LogP contribution >= 0.6 is 11.6 Å². The lowest BCUT2D eigenvalue weighted by Gasteiger charge is -2.17. The maximum absolute atomic E-state index is 12.7. The van der Waals surface area contributed by atoms with Crippen LogP contribution in [-0.4, -0.2) is 37.6 Å². The molecule has 1 amide bonds. The number of likely N-dealkylation sites (tertiary alicyclic amines) is 1. The SMILES string of the molecule is COc1ccc(CCC(=O)N2C[C@@H](CN)[C@H](c3ccccc3)C2)cc1Cl. The molecule has 2 aromatic carbocycles. The highest BCUT2D eigenvalue weighted by atomic mass is 35.5. The number of halogens is 1. The second kappa shape index (κ2) is 8.56. The van der Waals surface area contributed by atoms with Gasteiger partial charge in [-0.25, -0.2) is 0 Å². The standard InChI is InChI=1S/C21H25ClN2O2/c1-26-20-9-7-15(11-19(20)22)8-10-21(25)24-13-17(12-23)18(14-24)16-5-3-2-4-6-16/h2-7,9,11,17-18H,8,10,12-14,23H2,1H3/t17-,18+/m1/s1. The fraction of sp³-hybridized carbons (Fsp3) is 0.381. The van der Waals surface area contributed by atoms with Crippen molar-refractivity contribution in [1.29, 1.82) is 0 Å². The summed E-state index contributed by atoms with van der Waals surface area (Å²) in [6.45, 7) is 2.07. The molecule has 1 aliphatic heterocycles. The number of nitrogens with two attached hydrogens (primary N) is 1. The lowest BCUT2D eigenvalue weighted by Crippen LogP contribution is -2.30. The van der Waals surface area contributed by atoms with E-state index in [0.717, 1.165) is 18.7 Å². The van der Waals surface area contributed by atoms with Gasteiger partial charge in [-0.3, -0.25) is 4.79 Å². The van der Waals surface area contributed by atoms with E-state index in [9.17, 15) is 4.79 Å². The maximum atomic E-state index is 12.7. The second-order valence-corrected chi connectivity index (χ2v) is 7.19. The Kier molecular flexibility index (Phi) is 6.17. The molecular weight excluding hydrogens is 348 g/mol. The first kappa shape index (κ1) is 18.7. The Morgan fingerprint density at radius 3 is 2.65 bits per heavy atom. The zero-order valence-corrected chi connectivity index (χ0v) is 15.8. The zero-order chi connectivity index (χ0) is 18.5. The number of carbonyl (C=O) groups excluding carboxylic acids is 1. The number of carbonyl (C=O) groups is 1. The molecule has 0 radical (unpaired) electrons. The summed E-state index contributed by atoms with van der Waals surface area (Å²) in [6, 6.07) is 16.0. The smallest absolute Gasteiger partial charge is 0.222 e. The molecule has 26 heavy (non-hydrogen) atoms. The molecule has 0 spiro atoms. The molecule has 2 atom stereocenters. The van der Waals surface area contributed by atoms with Gasteiger partial charge >= 0.3 is 0 Å². The maximum Gasteiger partial charge on any atom is 0.222 e. The van der Waals surface area contributed by atoms with E-state index in [4.69, 9.17) is 22.1 Å². The number of rotatable bonds is 6. The van der Waals surface area contributed by atoms with E-state index >= 15 is 0 Å². The number of aryl methyl sites for hydroxylation is 1. The molecule has 0 unspecified atom stereocenters. The van der Waals surface area contributed by atoms with Crippen LogP contribution in [0.25, 0.3) is 0 Å². The van der Waals surface area contributed by atoms with Crippen molar-refractivity contribution >= 4 is 17.5 Å². The van der Waals surface area contributed by atoms with E-state index in [1.807, 2.05) is 41.3 Å². The van der Waals surface area contributed by atoms with E-state index in [-0.39, 0.29) is 5.91 Å². The molecule has 5 heteroatoms. The number of hydrogen-bond acceptors (Lipinski definition) is 3. The highest BCUT2D eigenvalue weighted by molar-refractivity contribution is 6.32. The van der Waals surface area contributed by atoms with Crippen molar-refractivity contribution in [2.75, 3.05) is 26.7 Å². The van der Waals surface area contributed by atoms with Gasteiger partial charge in [-0.1, -0.05) is 48.0 Å². The Labute approximate surface area is 159 Å². The predicted octanol–water partition coefficient (Wildman–Crippen LogP) is 3.48. The molecule has 0 aliphatic carbocycles. The molecule has 138 valence electrons. The van der Waals surface area contributed by atoms with Crippen LogP contribution in [-0.2, 0) is 11.2 Å². The summed E-state index contributed by atoms with van der Waals surface area (Å²) in [5, 5.41) is 0.575. The van der Waals surface area contributed by atoms with Gasteiger partial charge in [-0.15, -0.1) is 0 Å². The van der Waals surface area contributed by atoms with Gasteiger partial charge in [-0.05, 0) is 42.1 Å². The molecule has 0 bridgehead atoms. The van der Waals surface area contributed by atoms with E-state index in [0.29, 0.717) is 42.0 Å². The van der Waals surface area contributed by atoms with Crippen LogP contribution in [0.5, 0.6) is 5.75 Å². The predicted molar refractivity (Wildman–Crippen MR) is 105 cm³/mol. The number of nitrogens with zero attached hydrogens (tertiary/aromatic N) is 1. The first-order chi connectivity index (χ1) is 12.6. The fourth-order valence-corrected chi connectivity index (χ4v) is 3.95. The van der Waals surface area contributed by atoms with Crippen LogP contribution in [0.2, 0.25) is 5.02 Å². The first-order valence-corrected chi connectivity index (χ1v) is 9.35. The Morgan fingerprint density at radius 2 is 2.00 bits per heavy atom. The van der Waals surface area contributed by atoms with Gasteiger partial charge in [0, 0.05) is 25.4 Å². The van der Waals surface area contributed by atoms with Crippen LogP contribution in [0, 0.1) is 5.92 Å². The number of benzene rings is 2. The van der Waals surface area contributed by atoms with Gasteiger partial charge < -0.3 is 15.4 Å². The quantitative estimate of drug-likeness (QED) is 0.844. The summed E-state index contributed by atoms with van der Waals surface area (Å²) in [6.07, 6.45) is 1.14. The lowest BCUT2D eigenvalue weighted by atomic mass is 9.89. The van der Waals surface area contributed by atoms with Gasteiger partial charge in [0.05, 0.1) is 12.1 Å². The molecule has 3 rings (SSSR count). The molecule has 2 N–H and O–H groups in total. The third kappa shape index (κ3) is 4.19. The first-order valence-electron chi connectivity index (χ1n) is 8.97. The Balaban J connectivity index is 1.61. The Bertz CT molecular complexity index is 751. The molecule has 0 saturated carbocycles. The number of ether oxygens (including phenoxy) is 1. The van der Waals surface area contributed by atoms with Gasteiger partial charge in [0.2, 0.25) is 5.91 Å². The fourth-order valence-electron chi connectivity index (χ4n) is 3.67. The van der Waals surface area contributed by atoms with Gasteiger partial charge in [0.25, 0.3) is 0 Å². The minimum atomic E-state index is 0.175. The zero-order valence-electron chi connectivity index (χ0n) is 15.0. The van der Waals surface area contributed by atoms with Gasteiger partial charge in [0.15, 0.2) is 0 Å². The number of hydrogen-bond donors (Lipinski definition) is 1. The number of methoxy groups -OCH3 is 1. The molecule has 0 aromatic heterocycles. The third-order valence-corrected chi connectivity index (χ3v) is 5.46. The van der Waals surface area contributed by atoms with Crippen molar-refractivity contribution in [2.24, 2.45) is 11.7 Å². The van der Waals surface area contributed by atoms with E-state index in [1.54, 1.807) is 7.11 Å². The van der Waals surface area contributed by atoms with Crippen molar-refractivity contribution in [3.63, 3.8) is 0 Å². The van der Waals surface area contributed by atoms with Crippen molar-refractivity contribution in [3.05, 3.63) is 64.7 Å². The van der Waals surface area contributed by atoms with Crippen molar-refractivity contribution < 1.29 is 9.53 Å². The normalized spacial score (nSPS) is 19.6. The molecular formula is C21H25ClN2O2. The monoisotopic (exact) mass is 372 g/mol. The Hall–Kier alpha value is -2.04. The third-order valence-electron chi connectivity index (χ3n) is 5.17. The van der Waals surface area contributed by atoms with E-state index < -0.39 is 0 Å². The molecule has 1 saturated heterocycles. The van der Waals surface area contributed by atoms with Crippen molar-refractivity contribution in [2.45, 2.75) is 18.8 Å². The minimum absolute atomic E-state index is 0.175. The summed E-state index contributed by atoms with van der Waals surface area (Å²) in [5.41, 5.74) is 8.27. The summed E-state index contributed by atoms with van der Waals surface area (Å²) in [4.78, 5) is 14.7. The molecule has 1 heterocycles. The summed E-state index contributed by atoms with van der Waals surface area (Å²) >= 11 is 6.16.